The Morgan fingerprint density at radius 3 is 1.42 bits per heavy atom. The first-order valence-electron chi connectivity index (χ1n) is 12.1. The molecular formula is C29H43NO. The Labute approximate surface area is 190 Å². The van der Waals surface area contributed by atoms with Crippen molar-refractivity contribution in [3.63, 3.8) is 0 Å². The van der Waals surface area contributed by atoms with Gasteiger partial charge in [0, 0.05) is 18.5 Å². The molecule has 2 atom stereocenters. The highest BCUT2D eigenvalue weighted by molar-refractivity contribution is 5.40. The van der Waals surface area contributed by atoms with Gasteiger partial charge >= 0.3 is 0 Å². The van der Waals surface area contributed by atoms with Crippen molar-refractivity contribution in [2.75, 3.05) is 6.54 Å². The van der Waals surface area contributed by atoms with Crippen LogP contribution < -0.4 is 5.32 Å². The zero-order chi connectivity index (χ0) is 23.0. The van der Waals surface area contributed by atoms with Crippen molar-refractivity contribution in [1.82, 2.24) is 5.32 Å². The number of aliphatic hydroxyl groups is 1. The van der Waals surface area contributed by atoms with E-state index in [9.17, 15) is 5.11 Å². The fourth-order valence-corrected chi connectivity index (χ4v) is 4.56. The molecule has 0 bridgehead atoms. The van der Waals surface area contributed by atoms with Gasteiger partial charge in [-0.15, -0.1) is 0 Å². The molecule has 1 fully saturated rings. The lowest BCUT2D eigenvalue weighted by Crippen LogP contribution is -2.30. The summed E-state index contributed by atoms with van der Waals surface area (Å²) in [4.78, 5) is 0. The first kappa shape index (κ1) is 24.0. The molecular weight excluding hydrogens is 378 g/mol. The van der Waals surface area contributed by atoms with Crippen LogP contribution in [-0.2, 0) is 10.8 Å². The van der Waals surface area contributed by atoms with Crippen molar-refractivity contribution in [3.05, 3.63) is 70.8 Å². The lowest BCUT2D eigenvalue weighted by Gasteiger charge is -2.32. The molecule has 2 aromatic carbocycles. The van der Waals surface area contributed by atoms with E-state index in [1.54, 1.807) is 0 Å². The van der Waals surface area contributed by atoms with Crippen LogP contribution in [0, 0.1) is 11.8 Å². The van der Waals surface area contributed by atoms with Crippen LogP contribution in [-0.4, -0.2) is 23.8 Å². The van der Waals surface area contributed by atoms with Crippen molar-refractivity contribution in [3.8, 4) is 0 Å². The number of rotatable bonds is 7. The topological polar surface area (TPSA) is 32.3 Å². The molecule has 1 heterocycles. The van der Waals surface area contributed by atoms with Crippen molar-refractivity contribution in [2.24, 2.45) is 11.8 Å². The molecule has 2 heteroatoms. The minimum atomic E-state index is -0.259. The standard InChI is InChI=1S/C29H43NO/c1-19(2)28(5,6)23-13-9-21(10-14-23)27(26-17-25(31)18-30-26)22-11-15-24(16-12-22)29(7,8)20(3)4/h9-16,19-20,25-27,30-31H,17-18H2,1-8H3/t25-,26+/m0/s1. The van der Waals surface area contributed by atoms with E-state index in [0.717, 1.165) is 6.42 Å². The van der Waals surface area contributed by atoms with Gasteiger partial charge in [-0.1, -0.05) is 104 Å². The lowest BCUT2D eigenvalue weighted by molar-refractivity contribution is 0.192. The van der Waals surface area contributed by atoms with Crippen LogP contribution in [0.1, 0.15) is 90.0 Å². The van der Waals surface area contributed by atoms with Gasteiger partial charge in [0.1, 0.15) is 0 Å². The highest BCUT2D eigenvalue weighted by Crippen LogP contribution is 2.37. The highest BCUT2D eigenvalue weighted by Gasteiger charge is 2.33. The molecule has 1 aliphatic heterocycles. The average Bonchev–Trinajstić information content (AvgIpc) is 3.14. The van der Waals surface area contributed by atoms with E-state index in [0.29, 0.717) is 18.4 Å². The second-order valence-electron chi connectivity index (χ2n) is 11.4. The van der Waals surface area contributed by atoms with Gasteiger partial charge < -0.3 is 10.4 Å². The molecule has 3 rings (SSSR count). The zero-order valence-electron chi connectivity index (χ0n) is 20.9. The maximum atomic E-state index is 10.2. The average molecular weight is 422 g/mol. The van der Waals surface area contributed by atoms with Crippen LogP contribution in [0.15, 0.2) is 48.5 Å². The Balaban J connectivity index is 1.96. The Hall–Kier alpha value is -1.64. The van der Waals surface area contributed by atoms with Gasteiger partial charge in [0.05, 0.1) is 6.10 Å². The molecule has 0 aromatic heterocycles. The summed E-state index contributed by atoms with van der Waals surface area (Å²) < 4.78 is 0. The summed E-state index contributed by atoms with van der Waals surface area (Å²) >= 11 is 0. The molecule has 2 nitrogen and oxygen atoms in total. The monoisotopic (exact) mass is 421 g/mol. The van der Waals surface area contributed by atoms with E-state index in [1.807, 2.05) is 0 Å². The smallest absolute Gasteiger partial charge is 0.0679 e. The summed E-state index contributed by atoms with van der Waals surface area (Å²) in [5.74, 6) is 1.40. The largest absolute Gasteiger partial charge is 0.392 e. The Morgan fingerprint density at radius 2 is 1.13 bits per heavy atom. The number of hydrogen-bond acceptors (Lipinski definition) is 2. The molecule has 1 aliphatic rings. The van der Waals surface area contributed by atoms with Crippen LogP contribution in [0.3, 0.4) is 0 Å². The molecule has 31 heavy (non-hydrogen) atoms. The molecule has 170 valence electrons. The van der Waals surface area contributed by atoms with Gasteiger partial charge in [-0.25, -0.2) is 0 Å². The van der Waals surface area contributed by atoms with Gasteiger partial charge in [0.15, 0.2) is 0 Å². The molecule has 0 saturated carbocycles. The lowest BCUT2D eigenvalue weighted by atomic mass is 9.73. The van der Waals surface area contributed by atoms with Crippen molar-refractivity contribution in [1.29, 1.82) is 0 Å². The first-order chi connectivity index (χ1) is 14.4. The van der Waals surface area contributed by atoms with Crippen LogP contribution in [0.4, 0.5) is 0 Å². The molecule has 1 saturated heterocycles. The summed E-state index contributed by atoms with van der Waals surface area (Å²) in [5.41, 5.74) is 5.73. The van der Waals surface area contributed by atoms with E-state index in [4.69, 9.17) is 0 Å². The second kappa shape index (κ2) is 9.08. The van der Waals surface area contributed by atoms with Crippen molar-refractivity contribution >= 4 is 0 Å². The van der Waals surface area contributed by atoms with Gasteiger partial charge in [-0.2, -0.15) is 0 Å². The quantitative estimate of drug-likeness (QED) is 0.541. The Kier molecular flexibility index (Phi) is 7.03. The third-order valence-corrected chi connectivity index (χ3v) is 8.46. The number of benzene rings is 2. The summed E-state index contributed by atoms with van der Waals surface area (Å²) in [7, 11) is 0. The number of β-amino-alcohol motifs (C(OH)–C–C–N with tert-alkyl or cyclic N) is 1. The summed E-state index contributed by atoms with van der Waals surface area (Å²) in [6.07, 6.45) is 0.536. The maximum absolute atomic E-state index is 10.2. The maximum Gasteiger partial charge on any atom is 0.0679 e. The van der Waals surface area contributed by atoms with E-state index < -0.39 is 0 Å². The molecule has 0 radical (unpaired) electrons. The summed E-state index contributed by atoms with van der Waals surface area (Å²) in [6.45, 7) is 19.2. The SMILES string of the molecule is CC(C)C(C)(C)c1ccc(C(c2ccc(C(C)(C)C(C)C)cc2)[C@H]2C[C@H](O)CN2)cc1. The molecule has 0 aliphatic carbocycles. The molecule has 0 unspecified atom stereocenters. The predicted molar refractivity (Wildman–Crippen MR) is 133 cm³/mol. The number of aliphatic hydroxyl groups excluding tert-OH is 1. The number of hydrogen-bond donors (Lipinski definition) is 2. The van der Waals surface area contributed by atoms with Crippen LogP contribution in [0.5, 0.6) is 0 Å². The molecule has 2 N–H and O–H groups in total. The minimum Gasteiger partial charge on any atom is -0.392 e. The zero-order valence-corrected chi connectivity index (χ0v) is 20.9. The Bertz CT molecular complexity index is 782. The van der Waals surface area contributed by atoms with Crippen molar-refractivity contribution in [2.45, 2.75) is 90.7 Å². The van der Waals surface area contributed by atoms with Gasteiger partial charge in [-0.05, 0) is 51.3 Å². The molecule has 0 spiro atoms. The Morgan fingerprint density at radius 1 is 0.742 bits per heavy atom. The fourth-order valence-electron chi connectivity index (χ4n) is 4.56. The van der Waals surface area contributed by atoms with E-state index in [1.165, 1.54) is 22.3 Å². The number of nitrogens with one attached hydrogen (secondary N) is 1. The summed E-state index contributed by atoms with van der Waals surface area (Å²) in [5, 5.41) is 13.8. The van der Waals surface area contributed by atoms with E-state index in [-0.39, 0.29) is 28.9 Å². The normalized spacial score (nSPS) is 20.3. The van der Waals surface area contributed by atoms with Crippen LogP contribution in [0.25, 0.3) is 0 Å². The fraction of sp³-hybridized carbons (Fsp3) is 0.586. The summed E-state index contributed by atoms with van der Waals surface area (Å²) in [6, 6.07) is 18.7. The third kappa shape index (κ3) is 4.91. The third-order valence-electron chi connectivity index (χ3n) is 8.46. The highest BCUT2D eigenvalue weighted by atomic mass is 16.3. The second-order valence-corrected chi connectivity index (χ2v) is 11.4. The van der Waals surface area contributed by atoms with Gasteiger partial charge in [0.25, 0.3) is 0 Å². The van der Waals surface area contributed by atoms with E-state index >= 15 is 0 Å². The van der Waals surface area contributed by atoms with Gasteiger partial charge in [0.2, 0.25) is 0 Å². The van der Waals surface area contributed by atoms with Crippen molar-refractivity contribution < 1.29 is 5.11 Å². The molecule has 0 amide bonds. The van der Waals surface area contributed by atoms with Crippen LogP contribution >= 0.6 is 0 Å². The molecule has 2 aromatic rings. The minimum absolute atomic E-state index is 0.153. The van der Waals surface area contributed by atoms with E-state index in [2.05, 4.69) is 109 Å². The van der Waals surface area contributed by atoms with Gasteiger partial charge in [-0.3, -0.25) is 0 Å². The van der Waals surface area contributed by atoms with Crippen LogP contribution in [0.2, 0.25) is 0 Å². The predicted octanol–water partition coefficient (Wildman–Crippen LogP) is 6.41. The first-order valence-corrected chi connectivity index (χ1v) is 12.1.